The number of rotatable bonds is 4. The zero-order valence-corrected chi connectivity index (χ0v) is 13.8. The van der Waals surface area contributed by atoms with Gasteiger partial charge in [0.05, 0.1) is 7.11 Å². The molecule has 2 aliphatic rings. The Morgan fingerprint density at radius 2 is 2.05 bits per heavy atom. The summed E-state index contributed by atoms with van der Waals surface area (Å²) in [4.78, 5) is 2.64. The van der Waals surface area contributed by atoms with E-state index in [1.807, 2.05) is 6.07 Å². The zero-order valence-electron chi connectivity index (χ0n) is 13.8. The molecule has 0 aromatic heterocycles. The number of hydrogen-bond donors (Lipinski definition) is 1. The van der Waals surface area contributed by atoms with Crippen LogP contribution in [-0.4, -0.2) is 36.2 Å². The largest absolute Gasteiger partial charge is 0.497 e. The highest BCUT2D eigenvalue weighted by atomic mass is 16.5. The van der Waals surface area contributed by atoms with E-state index < -0.39 is 0 Å². The minimum absolute atomic E-state index is 0.192. The SMILES string of the molecule is COc1cccc(CN2CC(C)(C3CC3)NCC2(C)C)c1. The summed E-state index contributed by atoms with van der Waals surface area (Å²) in [5, 5.41) is 3.82. The second-order valence-corrected chi connectivity index (χ2v) is 7.57. The molecule has 1 aromatic rings. The molecule has 3 nitrogen and oxygen atoms in total. The van der Waals surface area contributed by atoms with Gasteiger partial charge in [-0.15, -0.1) is 0 Å². The number of nitrogens with one attached hydrogen (secondary N) is 1. The Morgan fingerprint density at radius 3 is 2.71 bits per heavy atom. The number of hydrogen-bond acceptors (Lipinski definition) is 3. The van der Waals surface area contributed by atoms with E-state index in [-0.39, 0.29) is 11.1 Å². The smallest absolute Gasteiger partial charge is 0.119 e. The van der Waals surface area contributed by atoms with Crippen molar-refractivity contribution in [2.75, 3.05) is 20.2 Å². The van der Waals surface area contributed by atoms with Crippen LogP contribution < -0.4 is 10.1 Å². The van der Waals surface area contributed by atoms with Gasteiger partial charge in [-0.2, -0.15) is 0 Å². The van der Waals surface area contributed by atoms with Gasteiger partial charge in [-0.25, -0.2) is 0 Å². The van der Waals surface area contributed by atoms with Crippen molar-refractivity contribution >= 4 is 0 Å². The predicted octanol–water partition coefficient (Wildman–Crippen LogP) is 3.05. The third-order valence-electron chi connectivity index (χ3n) is 5.29. The van der Waals surface area contributed by atoms with Crippen molar-refractivity contribution in [3.05, 3.63) is 29.8 Å². The maximum absolute atomic E-state index is 5.35. The third-order valence-corrected chi connectivity index (χ3v) is 5.29. The molecule has 1 aromatic carbocycles. The van der Waals surface area contributed by atoms with E-state index in [1.54, 1.807) is 7.11 Å². The van der Waals surface area contributed by atoms with Crippen molar-refractivity contribution in [1.29, 1.82) is 0 Å². The lowest BCUT2D eigenvalue weighted by molar-refractivity contribution is 0.0178. The molecule has 0 bridgehead atoms. The topological polar surface area (TPSA) is 24.5 Å². The summed E-state index contributed by atoms with van der Waals surface area (Å²) in [6.07, 6.45) is 2.77. The molecule has 1 aliphatic heterocycles. The Morgan fingerprint density at radius 1 is 1.29 bits per heavy atom. The van der Waals surface area contributed by atoms with Crippen molar-refractivity contribution in [2.24, 2.45) is 5.92 Å². The van der Waals surface area contributed by atoms with Crippen LogP contribution in [0.4, 0.5) is 0 Å². The average molecular weight is 288 g/mol. The van der Waals surface area contributed by atoms with Crippen LogP contribution in [0.1, 0.15) is 39.2 Å². The van der Waals surface area contributed by atoms with Gasteiger partial charge in [-0.1, -0.05) is 12.1 Å². The number of methoxy groups -OCH3 is 1. The lowest BCUT2D eigenvalue weighted by Crippen LogP contribution is -2.67. The van der Waals surface area contributed by atoms with Crippen LogP contribution in [0, 0.1) is 5.92 Å². The Bertz CT molecular complexity index is 510. The molecule has 1 N–H and O–H groups in total. The quantitative estimate of drug-likeness (QED) is 0.921. The van der Waals surface area contributed by atoms with Crippen LogP contribution in [0.5, 0.6) is 5.75 Å². The molecule has 0 spiro atoms. The van der Waals surface area contributed by atoms with Crippen molar-refractivity contribution < 1.29 is 4.74 Å². The molecular formula is C18H28N2O. The lowest BCUT2D eigenvalue weighted by atomic mass is 9.86. The molecule has 1 aliphatic carbocycles. The number of nitrogens with zero attached hydrogens (tertiary/aromatic N) is 1. The molecule has 1 atom stereocenters. The third kappa shape index (κ3) is 3.09. The second-order valence-electron chi connectivity index (χ2n) is 7.57. The minimum atomic E-state index is 0.192. The van der Waals surface area contributed by atoms with Crippen LogP contribution in [0.3, 0.4) is 0 Å². The molecule has 0 radical (unpaired) electrons. The van der Waals surface area contributed by atoms with Crippen molar-refractivity contribution in [1.82, 2.24) is 10.2 Å². The van der Waals surface area contributed by atoms with Crippen molar-refractivity contribution in [3.63, 3.8) is 0 Å². The second kappa shape index (κ2) is 5.29. The monoisotopic (exact) mass is 288 g/mol. The number of piperazine rings is 1. The molecule has 116 valence electrons. The summed E-state index contributed by atoms with van der Waals surface area (Å²) >= 11 is 0. The first-order chi connectivity index (χ1) is 9.93. The average Bonchev–Trinajstić information content (AvgIpc) is 3.29. The van der Waals surface area contributed by atoms with E-state index in [9.17, 15) is 0 Å². The Kier molecular flexibility index (Phi) is 3.74. The maximum Gasteiger partial charge on any atom is 0.119 e. The van der Waals surface area contributed by atoms with Gasteiger partial charge in [-0.3, -0.25) is 4.90 Å². The predicted molar refractivity (Wildman–Crippen MR) is 86.6 cm³/mol. The molecule has 0 amide bonds. The van der Waals surface area contributed by atoms with E-state index in [2.05, 4.69) is 49.2 Å². The first-order valence-corrected chi connectivity index (χ1v) is 8.06. The van der Waals surface area contributed by atoms with Crippen LogP contribution >= 0.6 is 0 Å². The summed E-state index contributed by atoms with van der Waals surface area (Å²) in [7, 11) is 1.73. The van der Waals surface area contributed by atoms with Gasteiger partial charge < -0.3 is 10.1 Å². The van der Waals surface area contributed by atoms with Crippen molar-refractivity contribution in [2.45, 2.75) is 51.2 Å². The molecule has 2 fully saturated rings. The van der Waals surface area contributed by atoms with Gasteiger partial charge in [-0.05, 0) is 57.2 Å². The summed E-state index contributed by atoms with van der Waals surface area (Å²) in [6.45, 7) is 10.3. The van der Waals surface area contributed by atoms with Gasteiger partial charge in [0.2, 0.25) is 0 Å². The molecule has 1 saturated heterocycles. The van der Waals surface area contributed by atoms with Crippen LogP contribution in [0.15, 0.2) is 24.3 Å². The summed E-state index contributed by atoms with van der Waals surface area (Å²) in [5.74, 6) is 1.81. The zero-order chi connectivity index (χ0) is 15.1. The molecule has 1 unspecified atom stereocenters. The van der Waals surface area contributed by atoms with Gasteiger partial charge in [0.15, 0.2) is 0 Å². The summed E-state index contributed by atoms with van der Waals surface area (Å²) < 4.78 is 5.35. The molecular weight excluding hydrogens is 260 g/mol. The fraction of sp³-hybridized carbons (Fsp3) is 0.667. The maximum atomic E-state index is 5.35. The number of benzene rings is 1. The fourth-order valence-electron chi connectivity index (χ4n) is 3.45. The first kappa shape index (κ1) is 14.9. The Balaban J connectivity index is 1.77. The van der Waals surface area contributed by atoms with Gasteiger partial charge in [0.25, 0.3) is 0 Å². The minimum Gasteiger partial charge on any atom is -0.497 e. The summed E-state index contributed by atoms with van der Waals surface area (Å²) in [5.41, 5.74) is 1.81. The van der Waals surface area contributed by atoms with Crippen LogP contribution in [-0.2, 0) is 6.54 Å². The first-order valence-electron chi connectivity index (χ1n) is 8.06. The molecule has 1 saturated carbocycles. The summed E-state index contributed by atoms with van der Waals surface area (Å²) in [6, 6.07) is 8.46. The Labute approximate surface area is 128 Å². The standard InChI is InChI=1S/C18H28N2O/c1-17(2)12-19-18(3,15-8-9-15)13-20(17)11-14-6-5-7-16(10-14)21-4/h5-7,10,15,19H,8-9,11-13H2,1-4H3. The van der Waals surface area contributed by atoms with Gasteiger partial charge >= 0.3 is 0 Å². The van der Waals surface area contributed by atoms with E-state index in [4.69, 9.17) is 4.74 Å². The highest BCUT2D eigenvalue weighted by molar-refractivity contribution is 5.28. The van der Waals surface area contributed by atoms with Gasteiger partial charge in [0, 0.05) is 30.7 Å². The van der Waals surface area contributed by atoms with Gasteiger partial charge in [0.1, 0.15) is 5.75 Å². The fourth-order valence-corrected chi connectivity index (χ4v) is 3.45. The molecule has 21 heavy (non-hydrogen) atoms. The highest BCUT2D eigenvalue weighted by Crippen LogP contribution is 2.42. The van der Waals surface area contributed by atoms with E-state index >= 15 is 0 Å². The normalized spacial score (nSPS) is 29.3. The van der Waals surface area contributed by atoms with E-state index in [0.717, 1.165) is 31.3 Å². The number of ether oxygens (including phenoxy) is 1. The van der Waals surface area contributed by atoms with Crippen molar-refractivity contribution in [3.8, 4) is 5.75 Å². The highest BCUT2D eigenvalue weighted by Gasteiger charge is 2.47. The lowest BCUT2D eigenvalue weighted by Gasteiger charge is -2.51. The van der Waals surface area contributed by atoms with E-state index in [0.29, 0.717) is 0 Å². The Hall–Kier alpha value is -1.06. The van der Waals surface area contributed by atoms with E-state index in [1.165, 1.54) is 18.4 Å². The van der Waals surface area contributed by atoms with Crippen LogP contribution in [0.25, 0.3) is 0 Å². The van der Waals surface area contributed by atoms with Crippen LogP contribution in [0.2, 0.25) is 0 Å². The molecule has 3 heteroatoms. The molecule has 3 rings (SSSR count). The molecule has 1 heterocycles.